The monoisotopic (exact) mass is 359 g/mol. The largest absolute Gasteiger partial charge is 0.329 e. The van der Waals surface area contributed by atoms with Gasteiger partial charge in [0.15, 0.2) is 5.82 Å². The molecule has 0 atom stereocenters. The highest BCUT2D eigenvalue weighted by Gasteiger charge is 2.30. The number of nitrogens with zero attached hydrogens (tertiary/aromatic N) is 4. The lowest BCUT2D eigenvalue weighted by Gasteiger charge is -2.13. The fraction of sp³-hybridized carbons (Fsp3) is 0.0556. The van der Waals surface area contributed by atoms with Gasteiger partial charge in [-0.1, -0.05) is 12.1 Å². The van der Waals surface area contributed by atoms with Gasteiger partial charge in [0.2, 0.25) is 0 Å². The maximum absolute atomic E-state index is 12.0. The molecule has 3 amide bonds. The molecule has 9 nitrogen and oxygen atoms in total. The first-order valence-electron chi connectivity index (χ1n) is 8.26. The summed E-state index contributed by atoms with van der Waals surface area (Å²) in [4.78, 5) is 29.2. The van der Waals surface area contributed by atoms with Crippen molar-refractivity contribution in [1.82, 2.24) is 30.7 Å². The van der Waals surface area contributed by atoms with E-state index in [2.05, 4.69) is 30.7 Å². The molecule has 2 aromatic carbocycles. The molecule has 2 aromatic heterocycles. The zero-order valence-electron chi connectivity index (χ0n) is 13.9. The van der Waals surface area contributed by atoms with E-state index in [0.29, 0.717) is 11.5 Å². The first-order valence-corrected chi connectivity index (χ1v) is 8.26. The van der Waals surface area contributed by atoms with Gasteiger partial charge in [-0.05, 0) is 30.3 Å². The zero-order chi connectivity index (χ0) is 18.4. The number of benzene rings is 2. The molecule has 27 heavy (non-hydrogen) atoms. The van der Waals surface area contributed by atoms with E-state index in [0.717, 1.165) is 32.6 Å². The Balaban J connectivity index is 1.61. The second-order valence-corrected chi connectivity index (χ2v) is 6.09. The summed E-state index contributed by atoms with van der Waals surface area (Å²) < 4.78 is 0. The SMILES string of the molecule is O=C1CNC(=O)N1c1cccc(-c2n[nH]c3ccc(-c4nc[nH]n4)cc23)c1. The van der Waals surface area contributed by atoms with E-state index in [1.54, 1.807) is 18.2 Å². The Labute approximate surface area is 152 Å². The molecular formula is C18H13N7O2. The van der Waals surface area contributed by atoms with Crippen molar-refractivity contribution < 1.29 is 9.59 Å². The minimum absolute atomic E-state index is 0.00835. The number of aromatic amines is 2. The molecule has 1 fully saturated rings. The van der Waals surface area contributed by atoms with Crippen LogP contribution in [0.5, 0.6) is 0 Å². The average Bonchev–Trinajstić information content (AvgIpc) is 3.41. The molecule has 0 unspecified atom stereocenters. The minimum Gasteiger partial charge on any atom is -0.328 e. The number of hydrogen-bond donors (Lipinski definition) is 3. The third kappa shape index (κ3) is 2.44. The van der Waals surface area contributed by atoms with Gasteiger partial charge in [0.05, 0.1) is 23.4 Å². The van der Waals surface area contributed by atoms with Crippen LogP contribution in [0.1, 0.15) is 0 Å². The van der Waals surface area contributed by atoms with Gasteiger partial charge < -0.3 is 5.32 Å². The van der Waals surface area contributed by atoms with Crippen molar-refractivity contribution in [2.45, 2.75) is 0 Å². The Morgan fingerprint density at radius 3 is 2.70 bits per heavy atom. The fourth-order valence-corrected chi connectivity index (χ4v) is 3.20. The molecule has 1 aliphatic rings. The topological polar surface area (TPSA) is 120 Å². The van der Waals surface area contributed by atoms with E-state index >= 15 is 0 Å². The standard InChI is InChI=1S/C18H13N7O2/c26-15-8-19-18(27)25(15)12-3-1-2-10(6-12)16-13-7-11(17-20-9-21-24-17)4-5-14(13)22-23-16/h1-7,9H,8H2,(H,19,27)(H,22,23)(H,20,21,24). The number of imide groups is 1. The van der Waals surface area contributed by atoms with Crippen LogP contribution in [0.4, 0.5) is 10.5 Å². The molecule has 0 radical (unpaired) electrons. The second-order valence-electron chi connectivity index (χ2n) is 6.09. The molecule has 5 rings (SSSR count). The first-order chi connectivity index (χ1) is 13.2. The fourth-order valence-electron chi connectivity index (χ4n) is 3.20. The van der Waals surface area contributed by atoms with Crippen LogP contribution < -0.4 is 10.2 Å². The maximum atomic E-state index is 12.0. The lowest BCUT2D eigenvalue weighted by Crippen LogP contribution is -2.30. The van der Waals surface area contributed by atoms with Gasteiger partial charge in [-0.15, -0.1) is 0 Å². The van der Waals surface area contributed by atoms with Crippen molar-refractivity contribution in [2.75, 3.05) is 11.4 Å². The number of hydrogen-bond acceptors (Lipinski definition) is 5. The van der Waals surface area contributed by atoms with Gasteiger partial charge in [-0.3, -0.25) is 15.0 Å². The van der Waals surface area contributed by atoms with Gasteiger partial charge in [-0.25, -0.2) is 14.7 Å². The van der Waals surface area contributed by atoms with Crippen molar-refractivity contribution in [1.29, 1.82) is 0 Å². The lowest BCUT2D eigenvalue weighted by atomic mass is 10.0. The van der Waals surface area contributed by atoms with Gasteiger partial charge >= 0.3 is 6.03 Å². The Hall–Kier alpha value is -4.01. The van der Waals surface area contributed by atoms with Gasteiger partial charge in [0, 0.05) is 16.5 Å². The third-order valence-corrected chi connectivity index (χ3v) is 4.46. The molecule has 3 heterocycles. The van der Waals surface area contributed by atoms with E-state index in [4.69, 9.17) is 0 Å². The van der Waals surface area contributed by atoms with E-state index in [1.807, 2.05) is 24.3 Å². The number of H-pyrrole nitrogens is 2. The van der Waals surface area contributed by atoms with Crippen LogP contribution in [0, 0.1) is 0 Å². The number of aromatic nitrogens is 5. The highest BCUT2D eigenvalue weighted by atomic mass is 16.2. The number of nitrogens with one attached hydrogen (secondary N) is 3. The van der Waals surface area contributed by atoms with Crippen LogP contribution in [0.25, 0.3) is 33.5 Å². The van der Waals surface area contributed by atoms with Crippen LogP contribution in [0.3, 0.4) is 0 Å². The van der Waals surface area contributed by atoms with Gasteiger partial charge in [0.25, 0.3) is 5.91 Å². The van der Waals surface area contributed by atoms with E-state index in [1.165, 1.54) is 6.33 Å². The van der Waals surface area contributed by atoms with Gasteiger partial charge in [-0.2, -0.15) is 10.2 Å². The zero-order valence-corrected chi connectivity index (χ0v) is 13.9. The van der Waals surface area contributed by atoms with E-state index in [-0.39, 0.29) is 12.5 Å². The number of anilines is 1. The summed E-state index contributed by atoms with van der Waals surface area (Å²) in [5.74, 6) is 0.313. The molecule has 132 valence electrons. The Morgan fingerprint density at radius 1 is 1.00 bits per heavy atom. The minimum atomic E-state index is -0.420. The molecule has 4 aromatic rings. The van der Waals surface area contributed by atoms with Crippen molar-refractivity contribution in [2.24, 2.45) is 0 Å². The summed E-state index contributed by atoms with van der Waals surface area (Å²) in [6.07, 6.45) is 1.53. The summed E-state index contributed by atoms with van der Waals surface area (Å²) in [6, 6.07) is 12.5. The van der Waals surface area contributed by atoms with E-state index in [9.17, 15) is 9.59 Å². The van der Waals surface area contributed by atoms with Crippen molar-refractivity contribution in [3.05, 3.63) is 48.8 Å². The highest BCUT2D eigenvalue weighted by Crippen LogP contribution is 2.31. The van der Waals surface area contributed by atoms with Crippen LogP contribution in [-0.2, 0) is 4.79 Å². The average molecular weight is 359 g/mol. The quantitative estimate of drug-likeness (QED) is 0.484. The summed E-state index contributed by atoms with van der Waals surface area (Å²) in [7, 11) is 0. The molecule has 9 heteroatoms. The predicted octanol–water partition coefficient (Wildman–Crippen LogP) is 2.07. The smallest absolute Gasteiger partial charge is 0.328 e. The summed E-state index contributed by atoms with van der Waals surface area (Å²) in [5.41, 5.74) is 3.74. The number of rotatable bonds is 3. The molecule has 1 saturated heterocycles. The Kier molecular flexibility index (Phi) is 3.26. The second kappa shape index (κ2) is 5.77. The highest BCUT2D eigenvalue weighted by molar-refractivity contribution is 6.20. The van der Waals surface area contributed by atoms with E-state index < -0.39 is 6.03 Å². The third-order valence-electron chi connectivity index (χ3n) is 4.46. The lowest BCUT2D eigenvalue weighted by molar-refractivity contribution is -0.115. The molecule has 0 spiro atoms. The number of carbonyl (C=O) groups excluding carboxylic acids is 2. The van der Waals surface area contributed by atoms with Crippen LogP contribution >= 0.6 is 0 Å². The molecule has 3 N–H and O–H groups in total. The predicted molar refractivity (Wildman–Crippen MR) is 97.8 cm³/mol. The van der Waals surface area contributed by atoms with Gasteiger partial charge in [0.1, 0.15) is 6.33 Å². The molecular weight excluding hydrogens is 346 g/mol. The molecule has 0 bridgehead atoms. The first kappa shape index (κ1) is 15.3. The summed E-state index contributed by atoms with van der Waals surface area (Å²) in [5, 5.41) is 17.7. The Morgan fingerprint density at radius 2 is 1.93 bits per heavy atom. The van der Waals surface area contributed by atoms with Crippen LogP contribution in [0.15, 0.2) is 48.8 Å². The molecule has 0 aliphatic carbocycles. The number of amides is 3. The summed E-state index contributed by atoms with van der Waals surface area (Å²) >= 11 is 0. The van der Waals surface area contributed by atoms with Crippen molar-refractivity contribution in [3.63, 3.8) is 0 Å². The van der Waals surface area contributed by atoms with Crippen LogP contribution in [0.2, 0.25) is 0 Å². The van der Waals surface area contributed by atoms with Crippen LogP contribution in [-0.4, -0.2) is 43.9 Å². The number of carbonyl (C=O) groups is 2. The van der Waals surface area contributed by atoms with Crippen molar-refractivity contribution >= 4 is 28.5 Å². The molecule has 1 aliphatic heterocycles. The Bertz CT molecular complexity index is 1160. The number of fused-ring (bicyclic) bond motifs is 1. The van der Waals surface area contributed by atoms with Crippen molar-refractivity contribution in [3.8, 4) is 22.6 Å². The normalized spacial score (nSPS) is 14.1. The molecule has 0 saturated carbocycles. The maximum Gasteiger partial charge on any atom is 0.329 e. The number of urea groups is 1. The summed E-state index contributed by atoms with van der Waals surface area (Å²) in [6.45, 7) is 0.00835.